The number of anilines is 1. The van der Waals surface area contributed by atoms with Crippen LogP contribution in [-0.2, 0) is 13.0 Å². The lowest BCUT2D eigenvalue weighted by molar-refractivity contribution is 0.0916. The zero-order chi connectivity index (χ0) is 18.4. The van der Waals surface area contributed by atoms with Gasteiger partial charge in [-0.2, -0.15) is 0 Å². The molecule has 2 unspecified atom stereocenters. The van der Waals surface area contributed by atoms with Crippen molar-refractivity contribution in [3.05, 3.63) is 101 Å². The van der Waals surface area contributed by atoms with Gasteiger partial charge in [0.05, 0.1) is 11.3 Å². The van der Waals surface area contributed by atoms with Gasteiger partial charge in [0.25, 0.3) is 5.91 Å². The number of hydrogen-bond acceptors (Lipinski definition) is 2. The number of para-hydroxylation sites is 1. The largest absolute Gasteiger partial charge is 0.346 e. The Bertz CT molecular complexity index is 1030. The van der Waals surface area contributed by atoms with E-state index in [1.54, 1.807) is 0 Å². The normalized spacial score (nSPS) is 20.3. The summed E-state index contributed by atoms with van der Waals surface area (Å²) in [5.74, 6) is 0.245. The molecule has 0 saturated heterocycles. The van der Waals surface area contributed by atoms with Crippen molar-refractivity contribution in [3.63, 3.8) is 0 Å². The molecule has 2 atom stereocenters. The van der Waals surface area contributed by atoms with Crippen molar-refractivity contribution in [2.45, 2.75) is 32.0 Å². The Kier molecular flexibility index (Phi) is 3.75. The average molecular weight is 354 g/mol. The van der Waals surface area contributed by atoms with E-state index in [0.29, 0.717) is 0 Å². The number of nitrogens with one attached hydrogen (secondary N) is 1. The molecule has 0 aromatic heterocycles. The molecule has 2 aliphatic rings. The first-order chi connectivity index (χ1) is 13.2. The maximum Gasteiger partial charge on any atom is 0.254 e. The summed E-state index contributed by atoms with van der Waals surface area (Å²) in [6, 6.07) is 25.1. The fraction of sp³-hybridized carbons (Fsp3) is 0.208. The summed E-state index contributed by atoms with van der Waals surface area (Å²) >= 11 is 0. The van der Waals surface area contributed by atoms with Crippen LogP contribution in [0, 0.1) is 6.92 Å². The number of aryl methyl sites for hydroxylation is 1. The van der Waals surface area contributed by atoms with Crippen molar-refractivity contribution >= 4 is 11.6 Å². The van der Waals surface area contributed by atoms with Crippen molar-refractivity contribution in [3.8, 4) is 0 Å². The minimum absolute atomic E-state index is 0.0260. The third-order valence-corrected chi connectivity index (χ3v) is 5.95. The number of fused-ring (bicyclic) bond motifs is 4. The highest BCUT2D eigenvalue weighted by atomic mass is 16.2. The van der Waals surface area contributed by atoms with Gasteiger partial charge in [-0.25, -0.2) is 0 Å². The van der Waals surface area contributed by atoms with Gasteiger partial charge in [0.2, 0.25) is 0 Å². The minimum atomic E-state index is -0.0260. The lowest BCUT2D eigenvalue weighted by Gasteiger charge is -2.47. The van der Waals surface area contributed by atoms with Gasteiger partial charge in [-0.3, -0.25) is 4.79 Å². The van der Waals surface area contributed by atoms with E-state index in [-0.39, 0.29) is 18.0 Å². The molecule has 134 valence electrons. The summed E-state index contributed by atoms with van der Waals surface area (Å²) in [6.45, 7) is 2.99. The van der Waals surface area contributed by atoms with Crippen LogP contribution in [0.2, 0.25) is 0 Å². The van der Waals surface area contributed by atoms with Crippen LogP contribution in [0.1, 0.15) is 38.5 Å². The molecular formula is C24H22N2O. The SMILES string of the molecule is Cc1ccccc1CC1c2ccccc2CN2c3ccccc3C(=O)NC12. The van der Waals surface area contributed by atoms with E-state index in [1.165, 1.54) is 22.3 Å². The van der Waals surface area contributed by atoms with Crippen molar-refractivity contribution in [1.29, 1.82) is 0 Å². The van der Waals surface area contributed by atoms with Crippen LogP contribution in [0.4, 0.5) is 5.69 Å². The first-order valence-electron chi connectivity index (χ1n) is 9.51. The van der Waals surface area contributed by atoms with Crippen molar-refractivity contribution in [2.24, 2.45) is 0 Å². The van der Waals surface area contributed by atoms with Crippen LogP contribution in [-0.4, -0.2) is 12.1 Å². The van der Waals surface area contributed by atoms with Crippen LogP contribution in [0.3, 0.4) is 0 Å². The fourth-order valence-corrected chi connectivity index (χ4v) is 4.55. The molecule has 0 fully saturated rings. The highest BCUT2D eigenvalue weighted by Gasteiger charge is 2.40. The predicted octanol–water partition coefficient (Wildman–Crippen LogP) is 4.41. The van der Waals surface area contributed by atoms with Crippen molar-refractivity contribution in [2.75, 3.05) is 4.90 Å². The zero-order valence-corrected chi connectivity index (χ0v) is 15.4. The smallest absolute Gasteiger partial charge is 0.254 e. The maximum absolute atomic E-state index is 12.8. The minimum Gasteiger partial charge on any atom is -0.346 e. The average Bonchev–Trinajstić information content (AvgIpc) is 2.70. The van der Waals surface area contributed by atoms with Crippen LogP contribution in [0.5, 0.6) is 0 Å². The lowest BCUT2D eigenvalue weighted by atomic mass is 9.80. The van der Waals surface area contributed by atoms with Crippen molar-refractivity contribution in [1.82, 2.24) is 5.32 Å². The van der Waals surface area contributed by atoms with Gasteiger partial charge in [-0.15, -0.1) is 0 Å². The summed E-state index contributed by atoms with van der Waals surface area (Å²) in [5, 5.41) is 3.29. The van der Waals surface area contributed by atoms with E-state index in [4.69, 9.17) is 0 Å². The third kappa shape index (κ3) is 2.62. The van der Waals surface area contributed by atoms with E-state index < -0.39 is 0 Å². The third-order valence-electron chi connectivity index (χ3n) is 5.95. The Balaban J connectivity index is 1.63. The second kappa shape index (κ2) is 6.27. The molecule has 3 aromatic rings. The Morgan fingerprint density at radius 3 is 2.59 bits per heavy atom. The first kappa shape index (κ1) is 16.1. The topological polar surface area (TPSA) is 32.3 Å². The summed E-state index contributed by atoms with van der Waals surface area (Å²) < 4.78 is 0. The molecule has 5 rings (SSSR count). The highest BCUT2D eigenvalue weighted by molar-refractivity contribution is 6.02. The van der Waals surface area contributed by atoms with Gasteiger partial charge in [0, 0.05) is 12.5 Å². The van der Waals surface area contributed by atoms with E-state index in [9.17, 15) is 4.79 Å². The van der Waals surface area contributed by atoms with E-state index in [0.717, 1.165) is 24.2 Å². The summed E-state index contributed by atoms with van der Waals surface area (Å²) in [4.78, 5) is 15.1. The monoisotopic (exact) mass is 354 g/mol. The molecular weight excluding hydrogens is 332 g/mol. The van der Waals surface area contributed by atoms with Gasteiger partial charge >= 0.3 is 0 Å². The number of hydrogen-bond donors (Lipinski definition) is 1. The summed E-state index contributed by atoms with van der Waals surface area (Å²) in [5.41, 5.74) is 7.14. The number of amides is 1. The number of carbonyl (C=O) groups excluding carboxylic acids is 1. The van der Waals surface area contributed by atoms with E-state index in [1.807, 2.05) is 18.2 Å². The first-order valence-corrected chi connectivity index (χ1v) is 9.51. The molecule has 3 nitrogen and oxygen atoms in total. The van der Waals surface area contributed by atoms with Gasteiger partial charge in [-0.1, -0.05) is 60.7 Å². The molecule has 2 heterocycles. The molecule has 0 radical (unpaired) electrons. The molecule has 2 aliphatic heterocycles. The molecule has 27 heavy (non-hydrogen) atoms. The molecule has 0 bridgehead atoms. The van der Waals surface area contributed by atoms with Crippen LogP contribution < -0.4 is 10.2 Å². The molecule has 3 heteroatoms. The molecule has 0 aliphatic carbocycles. The Hall–Kier alpha value is -3.07. The summed E-state index contributed by atoms with van der Waals surface area (Å²) in [6.07, 6.45) is 0.884. The predicted molar refractivity (Wildman–Crippen MR) is 108 cm³/mol. The second-order valence-corrected chi connectivity index (χ2v) is 7.50. The molecule has 0 spiro atoms. The molecule has 3 aromatic carbocycles. The van der Waals surface area contributed by atoms with E-state index >= 15 is 0 Å². The fourth-order valence-electron chi connectivity index (χ4n) is 4.55. The maximum atomic E-state index is 12.8. The summed E-state index contributed by atoms with van der Waals surface area (Å²) in [7, 11) is 0. The van der Waals surface area contributed by atoms with E-state index in [2.05, 4.69) is 71.7 Å². The number of nitrogens with zero attached hydrogens (tertiary/aromatic N) is 1. The van der Waals surface area contributed by atoms with Crippen LogP contribution in [0.25, 0.3) is 0 Å². The zero-order valence-electron chi connectivity index (χ0n) is 15.4. The standard InChI is InChI=1S/C24H22N2O/c1-16-8-2-3-9-17(16)14-21-19-11-5-4-10-18(19)15-26-22-13-7-6-12-20(22)24(27)25-23(21)26/h2-13,21,23H,14-15H2,1H3,(H,25,27). The van der Waals surface area contributed by atoms with Gasteiger partial charge < -0.3 is 10.2 Å². The molecule has 1 amide bonds. The van der Waals surface area contributed by atoms with Crippen molar-refractivity contribution < 1.29 is 4.79 Å². The number of rotatable bonds is 2. The molecule has 0 saturated carbocycles. The molecule has 1 N–H and O–H groups in total. The van der Waals surface area contributed by atoms with Crippen LogP contribution in [0.15, 0.2) is 72.8 Å². The van der Waals surface area contributed by atoms with Gasteiger partial charge in [-0.05, 0) is 47.7 Å². The van der Waals surface area contributed by atoms with Crippen LogP contribution >= 0.6 is 0 Å². The Labute approximate surface area is 159 Å². The number of carbonyl (C=O) groups is 1. The Morgan fingerprint density at radius 2 is 1.70 bits per heavy atom. The second-order valence-electron chi connectivity index (χ2n) is 7.50. The van der Waals surface area contributed by atoms with Gasteiger partial charge in [0.1, 0.15) is 6.17 Å². The number of benzene rings is 3. The lowest BCUT2D eigenvalue weighted by Crippen LogP contribution is -2.58. The quantitative estimate of drug-likeness (QED) is 0.739. The van der Waals surface area contributed by atoms with Gasteiger partial charge in [0.15, 0.2) is 0 Å². The highest BCUT2D eigenvalue weighted by Crippen LogP contribution is 2.40. The Morgan fingerprint density at radius 1 is 0.963 bits per heavy atom.